The first-order chi connectivity index (χ1) is 9.04. The van der Waals surface area contributed by atoms with Gasteiger partial charge in [0.15, 0.2) is 5.16 Å². The third-order valence-corrected chi connectivity index (χ3v) is 3.51. The maximum Gasteiger partial charge on any atom is 0.344 e. The highest BCUT2D eigenvalue weighted by Gasteiger charge is 2.16. The first-order valence-corrected chi connectivity index (χ1v) is 6.39. The van der Waals surface area contributed by atoms with Gasteiger partial charge >= 0.3 is 5.69 Å². The molecule has 7 heteroatoms. The van der Waals surface area contributed by atoms with Crippen molar-refractivity contribution in [1.29, 1.82) is 5.26 Å². The minimum atomic E-state index is -0.582. The van der Waals surface area contributed by atoms with Crippen molar-refractivity contribution in [1.82, 2.24) is 14.8 Å². The summed E-state index contributed by atoms with van der Waals surface area (Å²) in [6, 6.07) is 6.11. The average Bonchev–Trinajstić information content (AvgIpc) is 2.71. The Hall–Kier alpha value is -2.07. The monoisotopic (exact) mass is 278 g/mol. The summed E-state index contributed by atoms with van der Waals surface area (Å²) in [6.45, 7) is 3.69. The summed E-state index contributed by atoms with van der Waals surface area (Å²) in [6.07, 6.45) is 0. The summed E-state index contributed by atoms with van der Waals surface area (Å²) in [5.74, 6) is -0.582. The van der Waals surface area contributed by atoms with E-state index in [-0.39, 0.29) is 17.3 Å². The Morgan fingerprint density at radius 1 is 1.53 bits per heavy atom. The molecule has 0 radical (unpaired) electrons. The highest BCUT2D eigenvalue weighted by molar-refractivity contribution is 7.99. The minimum Gasteiger partial charge on any atom is -0.267 e. The van der Waals surface area contributed by atoms with Gasteiger partial charge in [-0.1, -0.05) is 6.07 Å². The molecule has 0 aliphatic rings. The van der Waals surface area contributed by atoms with Gasteiger partial charge in [-0.25, -0.2) is 14.3 Å². The van der Waals surface area contributed by atoms with Crippen molar-refractivity contribution in [3.05, 3.63) is 40.1 Å². The lowest BCUT2D eigenvalue weighted by Gasteiger charge is -2.09. The van der Waals surface area contributed by atoms with E-state index in [0.29, 0.717) is 10.1 Å². The Morgan fingerprint density at radius 3 is 2.89 bits per heavy atom. The molecule has 1 heterocycles. The van der Waals surface area contributed by atoms with Crippen molar-refractivity contribution in [2.24, 2.45) is 0 Å². The number of hydrogen-bond acceptors (Lipinski definition) is 4. The number of halogens is 1. The van der Waals surface area contributed by atoms with Crippen LogP contribution in [-0.2, 0) is 0 Å². The zero-order chi connectivity index (χ0) is 14.0. The lowest BCUT2D eigenvalue weighted by Crippen LogP contribution is -2.19. The molecule has 1 aromatic heterocycles. The molecule has 0 saturated heterocycles. The van der Waals surface area contributed by atoms with E-state index < -0.39 is 5.82 Å². The molecule has 2 aromatic rings. The van der Waals surface area contributed by atoms with Gasteiger partial charge in [-0.2, -0.15) is 5.26 Å². The van der Waals surface area contributed by atoms with Gasteiger partial charge < -0.3 is 0 Å². The third kappa shape index (κ3) is 2.53. The predicted octanol–water partition coefficient (Wildman–Crippen LogP) is 2.31. The van der Waals surface area contributed by atoms with Gasteiger partial charge in [-0.3, -0.25) is 4.57 Å². The van der Waals surface area contributed by atoms with E-state index >= 15 is 0 Å². The van der Waals surface area contributed by atoms with E-state index in [0.717, 1.165) is 11.8 Å². The van der Waals surface area contributed by atoms with Gasteiger partial charge in [0.2, 0.25) is 0 Å². The largest absolute Gasteiger partial charge is 0.344 e. The van der Waals surface area contributed by atoms with Crippen LogP contribution in [0.1, 0.15) is 25.5 Å². The van der Waals surface area contributed by atoms with Crippen LogP contribution in [0.2, 0.25) is 0 Å². The quantitative estimate of drug-likeness (QED) is 0.935. The number of benzene rings is 1. The number of H-pyrrole nitrogens is 1. The Balaban J connectivity index is 2.46. The van der Waals surface area contributed by atoms with Crippen molar-refractivity contribution in [2.75, 3.05) is 0 Å². The number of aromatic nitrogens is 3. The Labute approximate surface area is 113 Å². The first-order valence-electron chi connectivity index (χ1n) is 5.58. The van der Waals surface area contributed by atoms with E-state index in [4.69, 9.17) is 5.26 Å². The molecule has 0 saturated carbocycles. The molecule has 0 bridgehead atoms. The lowest BCUT2D eigenvalue weighted by molar-refractivity contribution is 0.534. The van der Waals surface area contributed by atoms with Gasteiger partial charge in [0.05, 0.1) is 0 Å². The predicted molar refractivity (Wildman–Crippen MR) is 68.5 cm³/mol. The molecule has 2 rings (SSSR count). The van der Waals surface area contributed by atoms with Crippen LogP contribution in [0.15, 0.2) is 33.0 Å². The minimum absolute atomic E-state index is 0.0433. The average molecular weight is 278 g/mol. The molecule has 0 aliphatic heterocycles. The summed E-state index contributed by atoms with van der Waals surface area (Å²) < 4.78 is 14.9. The Bertz CT molecular complexity index is 698. The number of nitrogens with zero attached hydrogens (tertiary/aromatic N) is 3. The smallest absolute Gasteiger partial charge is 0.267 e. The van der Waals surface area contributed by atoms with Crippen LogP contribution in [-0.4, -0.2) is 14.8 Å². The molecule has 0 amide bonds. The standard InChI is InChI=1S/C12H11FN4OS/c1-7(2)17-11(18)15-16-12(17)19-10-5-3-4-9(13)8(10)6-14/h3-5,7H,1-2H3,(H,15,18). The van der Waals surface area contributed by atoms with Crippen LogP contribution < -0.4 is 5.69 Å². The Kier molecular flexibility index (Phi) is 3.71. The van der Waals surface area contributed by atoms with Gasteiger partial charge in [-0.15, -0.1) is 5.10 Å². The molecule has 0 fully saturated rings. The lowest BCUT2D eigenvalue weighted by atomic mass is 10.2. The fourth-order valence-electron chi connectivity index (χ4n) is 1.61. The first kappa shape index (κ1) is 13.4. The van der Waals surface area contributed by atoms with Gasteiger partial charge in [-0.05, 0) is 37.7 Å². The molecule has 98 valence electrons. The van der Waals surface area contributed by atoms with Crippen molar-refractivity contribution in [2.45, 2.75) is 29.9 Å². The molecule has 0 atom stereocenters. The van der Waals surface area contributed by atoms with Crippen molar-refractivity contribution in [3.8, 4) is 6.07 Å². The van der Waals surface area contributed by atoms with E-state index in [1.807, 2.05) is 19.9 Å². The molecule has 0 spiro atoms. The van der Waals surface area contributed by atoms with E-state index in [1.54, 1.807) is 6.07 Å². The molecule has 1 N–H and O–H groups in total. The Morgan fingerprint density at radius 2 is 2.26 bits per heavy atom. The number of hydrogen-bond donors (Lipinski definition) is 1. The van der Waals surface area contributed by atoms with Crippen molar-refractivity contribution >= 4 is 11.8 Å². The van der Waals surface area contributed by atoms with Crippen LogP contribution in [0, 0.1) is 17.1 Å². The van der Waals surface area contributed by atoms with Crippen molar-refractivity contribution in [3.63, 3.8) is 0 Å². The fraction of sp³-hybridized carbons (Fsp3) is 0.250. The molecular formula is C12H11FN4OS. The normalized spacial score (nSPS) is 10.7. The van der Waals surface area contributed by atoms with Crippen LogP contribution in [0.3, 0.4) is 0 Å². The summed E-state index contributed by atoms with van der Waals surface area (Å²) in [4.78, 5) is 12.0. The van der Waals surface area contributed by atoms with Crippen LogP contribution in [0.25, 0.3) is 0 Å². The van der Waals surface area contributed by atoms with Gasteiger partial charge in [0, 0.05) is 10.9 Å². The number of aromatic amines is 1. The van der Waals surface area contributed by atoms with E-state index in [1.165, 1.54) is 16.7 Å². The highest BCUT2D eigenvalue weighted by Crippen LogP contribution is 2.30. The van der Waals surface area contributed by atoms with Crippen LogP contribution in [0.4, 0.5) is 4.39 Å². The van der Waals surface area contributed by atoms with Crippen molar-refractivity contribution < 1.29 is 4.39 Å². The maximum atomic E-state index is 13.5. The second-order valence-electron chi connectivity index (χ2n) is 4.10. The zero-order valence-corrected chi connectivity index (χ0v) is 11.2. The highest BCUT2D eigenvalue weighted by atomic mass is 32.2. The summed E-state index contributed by atoms with van der Waals surface area (Å²) in [5.41, 5.74) is -0.370. The number of nitrogens with one attached hydrogen (secondary N) is 1. The molecular weight excluding hydrogens is 267 g/mol. The SMILES string of the molecule is CC(C)n1c(Sc2cccc(F)c2C#N)n[nH]c1=O. The summed E-state index contributed by atoms with van der Waals surface area (Å²) >= 11 is 1.09. The summed E-state index contributed by atoms with van der Waals surface area (Å²) in [7, 11) is 0. The van der Waals surface area contributed by atoms with Gasteiger partial charge in [0.1, 0.15) is 17.4 Å². The number of rotatable bonds is 3. The molecule has 0 aliphatic carbocycles. The second kappa shape index (κ2) is 5.28. The van der Waals surface area contributed by atoms with Crippen LogP contribution in [0.5, 0.6) is 0 Å². The topological polar surface area (TPSA) is 74.5 Å². The molecule has 19 heavy (non-hydrogen) atoms. The fourth-order valence-corrected chi connectivity index (χ4v) is 2.69. The van der Waals surface area contributed by atoms with Gasteiger partial charge in [0.25, 0.3) is 0 Å². The third-order valence-electron chi connectivity index (χ3n) is 2.48. The number of nitriles is 1. The maximum absolute atomic E-state index is 13.5. The molecule has 5 nitrogen and oxygen atoms in total. The second-order valence-corrected chi connectivity index (χ2v) is 5.11. The zero-order valence-electron chi connectivity index (χ0n) is 10.3. The molecule has 0 unspecified atom stereocenters. The van der Waals surface area contributed by atoms with Crippen LogP contribution >= 0.6 is 11.8 Å². The summed E-state index contributed by atoms with van der Waals surface area (Å²) in [5, 5.41) is 15.6. The molecule has 1 aromatic carbocycles. The van der Waals surface area contributed by atoms with E-state index in [9.17, 15) is 9.18 Å². The van der Waals surface area contributed by atoms with E-state index in [2.05, 4.69) is 10.2 Å².